The Bertz CT molecular complexity index is 701. The molecule has 1 aromatic heterocycles. The normalized spacial score (nSPS) is 10.5. The van der Waals surface area contributed by atoms with Gasteiger partial charge in [0.25, 0.3) is 5.91 Å². The van der Waals surface area contributed by atoms with Gasteiger partial charge in [0.1, 0.15) is 0 Å². The van der Waals surface area contributed by atoms with E-state index < -0.39 is 0 Å². The van der Waals surface area contributed by atoms with Gasteiger partial charge in [-0.1, -0.05) is 42.5 Å². The molecular formula is C14H12N4O. The molecule has 0 radical (unpaired) electrons. The Morgan fingerprint density at radius 2 is 2.00 bits per heavy atom. The molecule has 3 aromatic rings. The number of fused-ring (bicyclic) bond motifs is 1. The van der Waals surface area contributed by atoms with E-state index >= 15 is 0 Å². The average molecular weight is 252 g/mol. The first-order valence-electron chi connectivity index (χ1n) is 5.95. The second kappa shape index (κ2) is 4.89. The Hall–Kier alpha value is -2.69. The number of H-pyrrole nitrogens is 1. The van der Waals surface area contributed by atoms with Gasteiger partial charge in [0.15, 0.2) is 5.69 Å². The summed E-state index contributed by atoms with van der Waals surface area (Å²) in [5.74, 6) is -0.235. The van der Waals surface area contributed by atoms with Crippen LogP contribution in [0.25, 0.3) is 10.8 Å². The molecular weight excluding hydrogens is 240 g/mol. The number of nitrogens with zero attached hydrogens (tertiary/aromatic N) is 2. The summed E-state index contributed by atoms with van der Waals surface area (Å²) in [5, 5.41) is 14.9. The van der Waals surface area contributed by atoms with Gasteiger partial charge in [0, 0.05) is 6.54 Å². The summed E-state index contributed by atoms with van der Waals surface area (Å²) in [4.78, 5) is 11.8. The third kappa shape index (κ3) is 2.30. The number of hydrogen-bond donors (Lipinski definition) is 2. The highest BCUT2D eigenvalue weighted by Gasteiger charge is 2.08. The SMILES string of the molecule is O=C(NCc1cccc2ccccc12)c1cn[nH]n1. The number of aromatic nitrogens is 3. The number of benzene rings is 2. The lowest BCUT2D eigenvalue weighted by Gasteiger charge is -2.07. The van der Waals surface area contributed by atoms with Crippen molar-refractivity contribution in [2.45, 2.75) is 6.54 Å². The van der Waals surface area contributed by atoms with Gasteiger partial charge < -0.3 is 5.32 Å². The number of aromatic amines is 1. The molecule has 2 N–H and O–H groups in total. The van der Waals surface area contributed by atoms with Gasteiger partial charge in [-0.3, -0.25) is 4.79 Å². The van der Waals surface area contributed by atoms with Crippen LogP contribution in [0.3, 0.4) is 0 Å². The quantitative estimate of drug-likeness (QED) is 0.747. The van der Waals surface area contributed by atoms with E-state index in [1.54, 1.807) is 0 Å². The van der Waals surface area contributed by atoms with E-state index in [1.807, 2.05) is 30.3 Å². The van der Waals surface area contributed by atoms with E-state index in [-0.39, 0.29) is 5.91 Å². The molecule has 0 aliphatic rings. The molecule has 0 aliphatic carbocycles. The molecule has 0 spiro atoms. The van der Waals surface area contributed by atoms with Crippen LogP contribution in [-0.4, -0.2) is 21.3 Å². The fourth-order valence-electron chi connectivity index (χ4n) is 2.02. The van der Waals surface area contributed by atoms with E-state index in [4.69, 9.17) is 0 Å². The van der Waals surface area contributed by atoms with Crippen molar-refractivity contribution in [1.29, 1.82) is 0 Å². The first kappa shape index (κ1) is 11.4. The van der Waals surface area contributed by atoms with Crippen LogP contribution in [0.15, 0.2) is 48.7 Å². The van der Waals surface area contributed by atoms with Gasteiger partial charge in [0.2, 0.25) is 0 Å². The van der Waals surface area contributed by atoms with Crippen LogP contribution in [0.5, 0.6) is 0 Å². The Labute approximate surface area is 109 Å². The van der Waals surface area contributed by atoms with Crippen molar-refractivity contribution < 1.29 is 4.79 Å². The van der Waals surface area contributed by atoms with Crippen LogP contribution in [-0.2, 0) is 6.54 Å². The fourth-order valence-corrected chi connectivity index (χ4v) is 2.02. The Balaban J connectivity index is 1.81. The standard InChI is InChI=1S/C14H12N4O/c19-14(13-9-16-18-17-13)15-8-11-6-3-5-10-4-1-2-7-12(10)11/h1-7,9H,8H2,(H,15,19)(H,16,17,18). The maximum Gasteiger partial charge on any atom is 0.273 e. The predicted octanol–water partition coefficient (Wildman–Crippen LogP) is 1.89. The molecule has 1 amide bonds. The second-order valence-corrected chi connectivity index (χ2v) is 4.18. The minimum Gasteiger partial charge on any atom is -0.346 e. The number of carbonyl (C=O) groups excluding carboxylic acids is 1. The highest BCUT2D eigenvalue weighted by atomic mass is 16.1. The van der Waals surface area contributed by atoms with Gasteiger partial charge >= 0.3 is 0 Å². The highest BCUT2D eigenvalue weighted by Crippen LogP contribution is 2.18. The number of amides is 1. The minimum atomic E-state index is -0.235. The van der Waals surface area contributed by atoms with E-state index in [0.29, 0.717) is 12.2 Å². The maximum absolute atomic E-state index is 11.8. The van der Waals surface area contributed by atoms with Gasteiger partial charge in [-0.05, 0) is 16.3 Å². The van der Waals surface area contributed by atoms with Crippen LogP contribution in [0, 0.1) is 0 Å². The van der Waals surface area contributed by atoms with Gasteiger partial charge in [-0.2, -0.15) is 15.4 Å². The Morgan fingerprint density at radius 1 is 1.16 bits per heavy atom. The number of nitrogens with one attached hydrogen (secondary N) is 2. The molecule has 5 heteroatoms. The van der Waals surface area contributed by atoms with Crippen molar-refractivity contribution in [3.05, 3.63) is 59.9 Å². The average Bonchev–Trinajstić information content (AvgIpc) is 2.99. The lowest BCUT2D eigenvalue weighted by atomic mass is 10.0. The summed E-state index contributed by atoms with van der Waals surface area (Å²) in [6, 6.07) is 14.1. The van der Waals surface area contributed by atoms with Crippen LogP contribution < -0.4 is 5.32 Å². The van der Waals surface area contributed by atoms with E-state index in [1.165, 1.54) is 6.20 Å². The fraction of sp³-hybridized carbons (Fsp3) is 0.0714. The van der Waals surface area contributed by atoms with Crippen LogP contribution in [0.4, 0.5) is 0 Å². The van der Waals surface area contributed by atoms with E-state index in [2.05, 4.69) is 32.9 Å². The molecule has 0 saturated heterocycles. The summed E-state index contributed by atoms with van der Waals surface area (Å²) in [6.07, 6.45) is 1.40. The third-order valence-electron chi connectivity index (χ3n) is 2.97. The topological polar surface area (TPSA) is 70.7 Å². The second-order valence-electron chi connectivity index (χ2n) is 4.18. The zero-order chi connectivity index (χ0) is 13.1. The summed E-state index contributed by atoms with van der Waals surface area (Å²) < 4.78 is 0. The van der Waals surface area contributed by atoms with Crippen LogP contribution in [0.2, 0.25) is 0 Å². The molecule has 0 atom stereocenters. The molecule has 3 rings (SSSR count). The van der Waals surface area contributed by atoms with Crippen molar-refractivity contribution in [2.75, 3.05) is 0 Å². The smallest absolute Gasteiger partial charge is 0.273 e. The lowest BCUT2D eigenvalue weighted by molar-refractivity contribution is 0.0946. The Kier molecular flexibility index (Phi) is 2.94. The third-order valence-corrected chi connectivity index (χ3v) is 2.97. The molecule has 5 nitrogen and oxygen atoms in total. The van der Waals surface area contributed by atoms with Gasteiger partial charge in [-0.25, -0.2) is 0 Å². The van der Waals surface area contributed by atoms with Crippen molar-refractivity contribution in [1.82, 2.24) is 20.7 Å². The first-order valence-corrected chi connectivity index (χ1v) is 5.95. The monoisotopic (exact) mass is 252 g/mol. The van der Waals surface area contributed by atoms with Crippen LogP contribution in [0.1, 0.15) is 16.1 Å². The van der Waals surface area contributed by atoms with Crippen molar-refractivity contribution in [3.8, 4) is 0 Å². The van der Waals surface area contributed by atoms with Crippen molar-refractivity contribution >= 4 is 16.7 Å². The van der Waals surface area contributed by atoms with Gasteiger partial charge in [-0.15, -0.1) is 0 Å². The zero-order valence-corrected chi connectivity index (χ0v) is 10.1. The zero-order valence-electron chi connectivity index (χ0n) is 10.1. The number of hydrogen-bond acceptors (Lipinski definition) is 3. The number of carbonyl (C=O) groups is 1. The highest BCUT2D eigenvalue weighted by molar-refractivity contribution is 5.92. The lowest BCUT2D eigenvalue weighted by Crippen LogP contribution is -2.23. The molecule has 19 heavy (non-hydrogen) atoms. The largest absolute Gasteiger partial charge is 0.346 e. The van der Waals surface area contributed by atoms with Crippen molar-refractivity contribution in [2.24, 2.45) is 0 Å². The molecule has 1 heterocycles. The molecule has 0 aliphatic heterocycles. The Morgan fingerprint density at radius 3 is 2.84 bits per heavy atom. The summed E-state index contributed by atoms with van der Waals surface area (Å²) in [6.45, 7) is 0.465. The van der Waals surface area contributed by atoms with Gasteiger partial charge in [0.05, 0.1) is 6.20 Å². The summed E-state index contributed by atoms with van der Waals surface area (Å²) in [5.41, 5.74) is 1.37. The van der Waals surface area contributed by atoms with Crippen LogP contribution >= 0.6 is 0 Å². The van der Waals surface area contributed by atoms with E-state index in [0.717, 1.165) is 16.3 Å². The molecule has 0 saturated carbocycles. The van der Waals surface area contributed by atoms with E-state index in [9.17, 15) is 4.79 Å². The molecule has 2 aromatic carbocycles. The first-order chi connectivity index (χ1) is 9.34. The molecule has 0 fully saturated rings. The molecule has 94 valence electrons. The summed E-state index contributed by atoms with van der Waals surface area (Å²) >= 11 is 0. The molecule has 0 unspecified atom stereocenters. The summed E-state index contributed by atoms with van der Waals surface area (Å²) in [7, 11) is 0. The van der Waals surface area contributed by atoms with Crippen molar-refractivity contribution in [3.63, 3.8) is 0 Å². The molecule has 0 bridgehead atoms. The predicted molar refractivity (Wildman–Crippen MR) is 71.5 cm³/mol. The minimum absolute atomic E-state index is 0.235. The maximum atomic E-state index is 11.8. The number of rotatable bonds is 3.